The van der Waals surface area contributed by atoms with E-state index in [1.54, 1.807) is 0 Å². The van der Waals surface area contributed by atoms with Gasteiger partial charge in [-0.15, -0.1) is 0 Å². The van der Waals surface area contributed by atoms with E-state index >= 15 is 0 Å². The molecule has 0 aliphatic heterocycles. The number of phosphoric acid groups is 1. The third kappa shape index (κ3) is 54.3. The molecule has 0 aromatic heterocycles. The minimum Gasteiger partial charge on any atom is -0.756 e. The number of aliphatic hydroxyl groups is 1. The first-order valence-electron chi connectivity index (χ1n) is 29.8. The molecule has 9 heteroatoms. The molecule has 0 aromatic rings. The molecule has 0 aromatic carbocycles. The monoisotopic (exact) mass is 993 g/mol. The summed E-state index contributed by atoms with van der Waals surface area (Å²) in [5, 5.41) is 14.0. The summed E-state index contributed by atoms with van der Waals surface area (Å²) in [5.41, 5.74) is 0. The first-order chi connectivity index (χ1) is 33.5. The van der Waals surface area contributed by atoms with Gasteiger partial charge in [0.05, 0.1) is 39.9 Å². The smallest absolute Gasteiger partial charge is 0.268 e. The van der Waals surface area contributed by atoms with Crippen LogP contribution in [-0.2, 0) is 18.4 Å². The number of amides is 1. The summed E-state index contributed by atoms with van der Waals surface area (Å²) in [4.78, 5) is 25.5. The van der Waals surface area contributed by atoms with E-state index < -0.39 is 20.0 Å². The maximum absolute atomic E-state index is 13.0. The van der Waals surface area contributed by atoms with Crippen LogP contribution in [0.1, 0.15) is 290 Å². The van der Waals surface area contributed by atoms with Crippen molar-refractivity contribution in [3.05, 3.63) is 36.5 Å². The molecule has 0 rings (SSSR count). The number of rotatable bonds is 55. The lowest BCUT2D eigenvalue weighted by Crippen LogP contribution is -2.46. The number of quaternary nitrogens is 1. The van der Waals surface area contributed by atoms with Crippen molar-refractivity contribution in [2.45, 2.75) is 302 Å². The summed E-state index contributed by atoms with van der Waals surface area (Å²) in [6, 6.07) is -0.807. The molecule has 0 fully saturated rings. The Labute approximate surface area is 429 Å². The van der Waals surface area contributed by atoms with Gasteiger partial charge >= 0.3 is 0 Å². The molecule has 3 atom stereocenters. The van der Waals surface area contributed by atoms with E-state index in [0.717, 1.165) is 64.2 Å². The van der Waals surface area contributed by atoms with E-state index in [9.17, 15) is 19.4 Å². The Morgan fingerprint density at radius 2 is 0.884 bits per heavy atom. The fraction of sp³-hybridized carbons (Fsp3) is 0.883. The standard InChI is InChI=1S/C60H117N2O6P/c1-6-8-10-12-14-16-18-20-22-24-25-26-27-28-29-30-31-32-33-34-35-36-38-39-41-43-45-47-49-51-53-59(63)58(57-68-69(65,66)67-56-55-62(3,4)5)61-60(64)54-52-50-48-46-44-42-40-37-23-21-19-17-15-13-11-9-7-2/h9,11,15,17,21,23,58-59,63H,6-8,10,12-14,16,18-20,22,24-57H2,1-5H3,(H-,61,64,65,66)/b11-9-,17-15-,23-21-. The Morgan fingerprint density at radius 3 is 1.29 bits per heavy atom. The van der Waals surface area contributed by atoms with E-state index in [-0.39, 0.29) is 19.1 Å². The number of likely N-dealkylation sites (N-methyl/N-ethyl adjacent to an activating group) is 1. The molecule has 408 valence electrons. The van der Waals surface area contributed by atoms with Gasteiger partial charge in [-0.1, -0.05) is 275 Å². The van der Waals surface area contributed by atoms with E-state index in [4.69, 9.17) is 9.05 Å². The van der Waals surface area contributed by atoms with Gasteiger partial charge in [-0.3, -0.25) is 9.36 Å². The van der Waals surface area contributed by atoms with Crippen molar-refractivity contribution in [2.24, 2.45) is 0 Å². The topological polar surface area (TPSA) is 108 Å². The quantitative estimate of drug-likeness (QED) is 0.0272. The molecule has 2 N–H and O–H groups in total. The number of phosphoric ester groups is 1. The SMILES string of the molecule is CC/C=C\C/C=C\C/C=C\CCCCCCCCCC(=O)NC(COP(=O)([O-])OCC[N+](C)(C)C)C(O)CCCCCCCCCCCCCCCCCCCCCCCCCCCCCCCC. The normalized spacial score (nSPS) is 14.1. The lowest BCUT2D eigenvalue weighted by Gasteiger charge is -2.30. The lowest BCUT2D eigenvalue weighted by molar-refractivity contribution is -0.870. The molecule has 0 radical (unpaired) electrons. The minimum atomic E-state index is -4.58. The molecule has 0 aliphatic rings. The highest BCUT2D eigenvalue weighted by atomic mass is 31.2. The van der Waals surface area contributed by atoms with Gasteiger partial charge in [-0.25, -0.2) is 0 Å². The number of hydrogen-bond donors (Lipinski definition) is 2. The van der Waals surface area contributed by atoms with E-state index in [2.05, 4.69) is 55.6 Å². The second-order valence-electron chi connectivity index (χ2n) is 21.7. The Balaban J connectivity index is 4.06. The fourth-order valence-corrected chi connectivity index (χ4v) is 9.72. The van der Waals surface area contributed by atoms with Crippen LogP contribution < -0.4 is 10.2 Å². The molecule has 0 heterocycles. The fourth-order valence-electron chi connectivity index (χ4n) is 9.00. The number of nitrogens with one attached hydrogen (secondary N) is 1. The molecule has 1 amide bonds. The number of nitrogens with zero attached hydrogens (tertiary/aromatic N) is 1. The van der Waals surface area contributed by atoms with Crippen LogP contribution >= 0.6 is 7.82 Å². The summed E-state index contributed by atoms with van der Waals surface area (Å²) in [6.45, 7) is 4.64. The lowest BCUT2D eigenvalue weighted by atomic mass is 10.0. The largest absolute Gasteiger partial charge is 0.756 e. The Morgan fingerprint density at radius 1 is 0.522 bits per heavy atom. The Hall–Kier alpha value is -1.28. The maximum atomic E-state index is 13.0. The van der Waals surface area contributed by atoms with E-state index in [1.807, 2.05) is 21.1 Å². The van der Waals surface area contributed by atoms with Crippen LogP contribution in [0.2, 0.25) is 0 Å². The van der Waals surface area contributed by atoms with Gasteiger partial charge in [-0.2, -0.15) is 0 Å². The molecular formula is C60H117N2O6P. The van der Waals surface area contributed by atoms with Gasteiger partial charge in [0.15, 0.2) is 0 Å². The van der Waals surface area contributed by atoms with Crippen molar-refractivity contribution in [1.29, 1.82) is 0 Å². The number of carbonyl (C=O) groups is 1. The Bertz CT molecular complexity index is 1220. The molecule has 0 aliphatic carbocycles. The molecular weight excluding hydrogens is 876 g/mol. The summed E-state index contributed by atoms with van der Waals surface area (Å²) in [7, 11) is 1.30. The summed E-state index contributed by atoms with van der Waals surface area (Å²) < 4.78 is 23.4. The molecule has 69 heavy (non-hydrogen) atoms. The summed E-state index contributed by atoms with van der Waals surface area (Å²) in [5.74, 6) is -0.172. The number of allylic oxidation sites excluding steroid dienone is 6. The number of carbonyl (C=O) groups excluding carboxylic acids is 1. The molecule has 3 unspecified atom stereocenters. The summed E-state index contributed by atoms with van der Waals surface area (Å²) in [6.07, 6.45) is 66.2. The van der Waals surface area contributed by atoms with Crippen molar-refractivity contribution in [3.63, 3.8) is 0 Å². The molecule has 0 spiro atoms. The highest BCUT2D eigenvalue weighted by Crippen LogP contribution is 2.38. The first kappa shape index (κ1) is 67.7. The third-order valence-electron chi connectivity index (χ3n) is 13.6. The minimum absolute atomic E-state index is 0.00994. The van der Waals surface area contributed by atoms with Crippen molar-refractivity contribution in [2.75, 3.05) is 40.9 Å². The van der Waals surface area contributed by atoms with Crippen LogP contribution in [0.4, 0.5) is 0 Å². The second kappa shape index (κ2) is 51.6. The van der Waals surface area contributed by atoms with Crippen LogP contribution in [0.25, 0.3) is 0 Å². The summed E-state index contributed by atoms with van der Waals surface area (Å²) >= 11 is 0. The van der Waals surface area contributed by atoms with E-state index in [0.29, 0.717) is 23.9 Å². The zero-order valence-electron chi connectivity index (χ0n) is 46.5. The van der Waals surface area contributed by atoms with Crippen LogP contribution in [0.3, 0.4) is 0 Å². The van der Waals surface area contributed by atoms with Gasteiger partial charge < -0.3 is 28.8 Å². The van der Waals surface area contributed by atoms with Crippen molar-refractivity contribution in [3.8, 4) is 0 Å². The van der Waals surface area contributed by atoms with Crippen LogP contribution in [0.15, 0.2) is 36.5 Å². The van der Waals surface area contributed by atoms with Crippen molar-refractivity contribution < 1.29 is 32.9 Å². The van der Waals surface area contributed by atoms with Crippen LogP contribution in [0, 0.1) is 0 Å². The first-order valence-corrected chi connectivity index (χ1v) is 31.3. The molecule has 0 bridgehead atoms. The molecule has 8 nitrogen and oxygen atoms in total. The van der Waals surface area contributed by atoms with Gasteiger partial charge in [-0.05, 0) is 44.9 Å². The average Bonchev–Trinajstić information content (AvgIpc) is 3.31. The van der Waals surface area contributed by atoms with Crippen LogP contribution in [0.5, 0.6) is 0 Å². The zero-order chi connectivity index (χ0) is 50.6. The van der Waals surface area contributed by atoms with Crippen LogP contribution in [-0.4, -0.2) is 68.5 Å². The molecule has 0 saturated heterocycles. The van der Waals surface area contributed by atoms with Gasteiger partial charge in [0.2, 0.25) is 5.91 Å². The highest BCUT2D eigenvalue weighted by Gasteiger charge is 2.24. The van der Waals surface area contributed by atoms with Gasteiger partial charge in [0.25, 0.3) is 7.82 Å². The van der Waals surface area contributed by atoms with Crippen molar-refractivity contribution in [1.82, 2.24) is 5.32 Å². The number of hydrogen-bond acceptors (Lipinski definition) is 6. The van der Waals surface area contributed by atoms with E-state index in [1.165, 1.54) is 199 Å². The second-order valence-corrected chi connectivity index (χ2v) is 23.1. The van der Waals surface area contributed by atoms with Gasteiger partial charge in [0, 0.05) is 6.42 Å². The highest BCUT2D eigenvalue weighted by molar-refractivity contribution is 7.45. The Kier molecular flexibility index (Phi) is 50.7. The predicted octanol–water partition coefficient (Wildman–Crippen LogP) is 17.5. The average molecular weight is 994 g/mol. The van der Waals surface area contributed by atoms with Gasteiger partial charge in [0.1, 0.15) is 13.2 Å². The zero-order valence-corrected chi connectivity index (χ0v) is 47.4. The third-order valence-corrected chi connectivity index (χ3v) is 14.6. The maximum Gasteiger partial charge on any atom is 0.268 e. The number of aliphatic hydroxyl groups excluding tert-OH is 1. The number of unbranched alkanes of at least 4 members (excludes halogenated alkanes) is 36. The van der Waals surface area contributed by atoms with Crippen molar-refractivity contribution >= 4 is 13.7 Å². The predicted molar refractivity (Wildman–Crippen MR) is 298 cm³/mol. The molecule has 0 saturated carbocycles.